The van der Waals surface area contributed by atoms with E-state index in [1.807, 2.05) is 51.1 Å². The van der Waals surface area contributed by atoms with Gasteiger partial charge in [-0.1, -0.05) is 67.0 Å². The second-order valence-corrected chi connectivity index (χ2v) is 8.51. The normalized spacial score (nSPS) is 15.1. The van der Waals surface area contributed by atoms with Crippen LogP contribution in [0, 0.1) is 6.92 Å². The molecule has 1 unspecified atom stereocenters. The molecule has 0 fully saturated rings. The molecule has 30 heavy (non-hydrogen) atoms. The van der Waals surface area contributed by atoms with Crippen molar-refractivity contribution < 1.29 is 9.53 Å². The average molecular weight is 441 g/mol. The van der Waals surface area contributed by atoms with Gasteiger partial charge in [0.1, 0.15) is 0 Å². The molecule has 2 aromatic carbocycles. The Balaban J connectivity index is 1.98. The first kappa shape index (κ1) is 20.6. The number of nitrogens with zero attached hydrogens (tertiary/aromatic N) is 4. The van der Waals surface area contributed by atoms with Crippen molar-refractivity contribution in [1.82, 2.24) is 15.2 Å². The van der Waals surface area contributed by atoms with Crippen molar-refractivity contribution >= 4 is 35.0 Å². The Morgan fingerprint density at radius 1 is 1.20 bits per heavy atom. The Hall–Kier alpha value is -2.64. The van der Waals surface area contributed by atoms with Crippen LogP contribution in [0.25, 0.3) is 11.3 Å². The molecule has 0 spiro atoms. The minimum Gasteiger partial charge on any atom is -0.447 e. The largest absolute Gasteiger partial charge is 0.447 e. The molecule has 0 aliphatic carbocycles. The Bertz CT molecular complexity index is 1110. The zero-order valence-corrected chi connectivity index (χ0v) is 18.5. The fourth-order valence-corrected chi connectivity index (χ4v) is 4.08. The van der Waals surface area contributed by atoms with Crippen molar-refractivity contribution in [2.45, 2.75) is 38.6 Å². The van der Waals surface area contributed by atoms with Crippen LogP contribution < -0.4 is 9.64 Å². The summed E-state index contributed by atoms with van der Waals surface area (Å²) in [5.74, 6) is 1.07. The fraction of sp³-hybridized carbons (Fsp3) is 0.273. The lowest BCUT2D eigenvalue weighted by Gasteiger charge is -2.30. The van der Waals surface area contributed by atoms with Crippen LogP contribution >= 0.6 is 23.4 Å². The van der Waals surface area contributed by atoms with Gasteiger partial charge in [0.05, 0.1) is 5.69 Å². The minimum atomic E-state index is -0.685. The number of aromatic nitrogens is 3. The van der Waals surface area contributed by atoms with E-state index in [9.17, 15) is 4.79 Å². The topological polar surface area (TPSA) is 68.2 Å². The fourth-order valence-electron chi connectivity index (χ4n) is 3.41. The standard InChI is InChI=1S/C22H21ClN4O2S/c1-4-18(28)27-17-10-9-15(23)12-16(17)19-20(24-22(26-25-19)30-5-2)29-21(27)14-8-6-7-13(3)11-14/h6-12,21H,4-5H2,1-3H3. The number of anilines is 1. The molecule has 0 radical (unpaired) electrons. The van der Waals surface area contributed by atoms with Crippen LogP contribution in [-0.2, 0) is 4.79 Å². The zero-order chi connectivity index (χ0) is 21.3. The van der Waals surface area contributed by atoms with Crippen LogP contribution in [0.3, 0.4) is 0 Å². The predicted octanol–water partition coefficient (Wildman–Crippen LogP) is 5.45. The molecule has 8 heteroatoms. The number of fused-ring (bicyclic) bond motifs is 3. The highest BCUT2D eigenvalue weighted by Crippen LogP contribution is 2.44. The summed E-state index contributed by atoms with van der Waals surface area (Å²) in [6.07, 6.45) is -0.366. The van der Waals surface area contributed by atoms with Crippen molar-refractivity contribution in [3.8, 4) is 17.1 Å². The van der Waals surface area contributed by atoms with Gasteiger partial charge in [0, 0.05) is 22.6 Å². The first-order chi connectivity index (χ1) is 14.5. The molecule has 0 bridgehead atoms. The van der Waals surface area contributed by atoms with E-state index in [0.29, 0.717) is 39.4 Å². The van der Waals surface area contributed by atoms with E-state index in [2.05, 4.69) is 15.2 Å². The molecule has 0 N–H and O–H groups in total. The maximum atomic E-state index is 13.1. The Kier molecular flexibility index (Phi) is 5.92. The molecule has 3 aromatic rings. The SMILES string of the molecule is CCSc1nnc2c(n1)OC(c1cccc(C)c1)N(C(=O)CC)c1ccc(Cl)cc1-2. The monoisotopic (exact) mass is 440 g/mol. The highest BCUT2D eigenvalue weighted by molar-refractivity contribution is 7.99. The smallest absolute Gasteiger partial charge is 0.247 e. The summed E-state index contributed by atoms with van der Waals surface area (Å²) in [5, 5.41) is 9.68. The molecule has 1 atom stereocenters. The third kappa shape index (κ3) is 3.87. The van der Waals surface area contributed by atoms with Crippen LogP contribution in [0.4, 0.5) is 5.69 Å². The van der Waals surface area contributed by atoms with Gasteiger partial charge in [0.2, 0.25) is 23.2 Å². The van der Waals surface area contributed by atoms with E-state index in [0.717, 1.165) is 16.9 Å². The highest BCUT2D eigenvalue weighted by Gasteiger charge is 2.35. The summed E-state index contributed by atoms with van der Waals surface area (Å²) in [4.78, 5) is 19.4. The van der Waals surface area contributed by atoms with E-state index in [4.69, 9.17) is 16.3 Å². The summed E-state index contributed by atoms with van der Waals surface area (Å²) in [7, 11) is 0. The van der Waals surface area contributed by atoms with Gasteiger partial charge < -0.3 is 4.74 Å². The van der Waals surface area contributed by atoms with Gasteiger partial charge in [0.25, 0.3) is 0 Å². The van der Waals surface area contributed by atoms with Gasteiger partial charge >= 0.3 is 0 Å². The molecule has 0 saturated carbocycles. The first-order valence-corrected chi connectivity index (χ1v) is 11.1. The number of thioether (sulfide) groups is 1. The molecule has 4 rings (SSSR count). The van der Waals surface area contributed by atoms with Gasteiger partial charge in [-0.2, -0.15) is 4.98 Å². The van der Waals surface area contributed by atoms with Crippen molar-refractivity contribution in [3.05, 3.63) is 58.6 Å². The molecule has 1 aromatic heterocycles. The molecule has 1 amide bonds. The predicted molar refractivity (Wildman–Crippen MR) is 119 cm³/mol. The van der Waals surface area contributed by atoms with Crippen LogP contribution in [0.1, 0.15) is 37.6 Å². The maximum absolute atomic E-state index is 13.1. The number of carbonyl (C=O) groups excluding carboxylic acids is 1. The van der Waals surface area contributed by atoms with Gasteiger partial charge in [-0.15, -0.1) is 10.2 Å². The third-order valence-corrected chi connectivity index (χ3v) is 5.69. The van der Waals surface area contributed by atoms with E-state index in [-0.39, 0.29) is 5.91 Å². The van der Waals surface area contributed by atoms with E-state index in [1.54, 1.807) is 17.0 Å². The number of aryl methyl sites for hydroxylation is 1. The van der Waals surface area contributed by atoms with Crippen molar-refractivity contribution in [3.63, 3.8) is 0 Å². The second kappa shape index (κ2) is 8.62. The van der Waals surface area contributed by atoms with Crippen molar-refractivity contribution in [2.75, 3.05) is 10.7 Å². The van der Waals surface area contributed by atoms with Crippen LogP contribution in [0.5, 0.6) is 5.88 Å². The molecular weight excluding hydrogens is 420 g/mol. The Morgan fingerprint density at radius 3 is 2.77 bits per heavy atom. The number of hydrogen-bond donors (Lipinski definition) is 0. The summed E-state index contributed by atoms with van der Waals surface area (Å²) >= 11 is 7.77. The van der Waals surface area contributed by atoms with E-state index >= 15 is 0 Å². The lowest BCUT2D eigenvalue weighted by atomic mass is 10.1. The number of benzene rings is 2. The minimum absolute atomic E-state index is 0.0750. The third-order valence-electron chi connectivity index (χ3n) is 4.74. The van der Waals surface area contributed by atoms with Crippen molar-refractivity contribution in [2.24, 2.45) is 0 Å². The quantitative estimate of drug-likeness (QED) is 0.502. The van der Waals surface area contributed by atoms with Crippen molar-refractivity contribution in [1.29, 1.82) is 0 Å². The molecule has 1 aliphatic rings. The van der Waals surface area contributed by atoms with E-state index in [1.165, 1.54) is 11.8 Å². The summed E-state index contributed by atoms with van der Waals surface area (Å²) < 4.78 is 6.38. The maximum Gasteiger partial charge on any atom is 0.247 e. The molecule has 154 valence electrons. The summed E-state index contributed by atoms with van der Waals surface area (Å²) in [5.41, 5.74) is 3.74. The summed E-state index contributed by atoms with van der Waals surface area (Å²) in [6, 6.07) is 13.3. The van der Waals surface area contributed by atoms with Crippen LogP contribution in [0.2, 0.25) is 5.02 Å². The molecule has 0 saturated heterocycles. The highest BCUT2D eigenvalue weighted by atomic mass is 35.5. The van der Waals surface area contributed by atoms with Crippen LogP contribution in [-0.4, -0.2) is 26.8 Å². The average Bonchev–Trinajstić information content (AvgIpc) is 2.87. The van der Waals surface area contributed by atoms with Gasteiger partial charge in [-0.3, -0.25) is 9.69 Å². The number of ether oxygens (including phenoxy) is 1. The lowest BCUT2D eigenvalue weighted by molar-refractivity contribution is -0.120. The zero-order valence-electron chi connectivity index (χ0n) is 16.9. The second-order valence-electron chi connectivity index (χ2n) is 6.84. The number of rotatable bonds is 4. The molecule has 1 aliphatic heterocycles. The Morgan fingerprint density at radius 2 is 2.03 bits per heavy atom. The van der Waals surface area contributed by atoms with Gasteiger partial charge in [-0.05, 0) is 30.9 Å². The molecule has 6 nitrogen and oxygen atoms in total. The van der Waals surface area contributed by atoms with Gasteiger partial charge in [0.15, 0.2) is 5.69 Å². The molecular formula is C22H21ClN4O2S. The first-order valence-electron chi connectivity index (χ1n) is 9.74. The number of amides is 1. The molecule has 2 heterocycles. The lowest BCUT2D eigenvalue weighted by Crippen LogP contribution is -2.37. The summed E-state index contributed by atoms with van der Waals surface area (Å²) in [6.45, 7) is 5.86. The number of hydrogen-bond acceptors (Lipinski definition) is 6. The van der Waals surface area contributed by atoms with Crippen LogP contribution in [0.15, 0.2) is 47.6 Å². The van der Waals surface area contributed by atoms with Gasteiger partial charge in [-0.25, -0.2) is 0 Å². The van der Waals surface area contributed by atoms with E-state index < -0.39 is 6.23 Å². The Labute approximate surface area is 184 Å². The number of halogens is 1. The number of carbonyl (C=O) groups is 1.